The molecule has 0 aromatic carbocycles. The monoisotopic (exact) mass is 493 g/mol. The Kier molecular flexibility index (Phi) is 10.4. The molecule has 11 nitrogen and oxygen atoms in total. The third kappa shape index (κ3) is 6.99. The first kappa shape index (κ1) is 27.7. The van der Waals surface area contributed by atoms with Gasteiger partial charge < -0.3 is 19.1 Å². The van der Waals surface area contributed by atoms with E-state index in [9.17, 15) is 14.4 Å². The molecule has 12 heteroatoms. The van der Waals surface area contributed by atoms with Crippen molar-refractivity contribution in [2.45, 2.75) is 78.0 Å². The van der Waals surface area contributed by atoms with Crippen LogP contribution < -0.4 is 16.6 Å². The van der Waals surface area contributed by atoms with Crippen molar-refractivity contribution >= 4 is 14.4 Å². The molecule has 0 bridgehead atoms. The number of H-pyrrole nitrogens is 1. The Hall–Kier alpha value is -2.53. The molecule has 1 aliphatic rings. The molecule has 1 fully saturated rings. The Morgan fingerprint density at radius 3 is 2.68 bits per heavy atom. The van der Waals surface area contributed by atoms with Gasteiger partial charge in [0.2, 0.25) is 0 Å². The van der Waals surface area contributed by atoms with Crippen LogP contribution >= 0.6 is 8.53 Å². The summed E-state index contributed by atoms with van der Waals surface area (Å²) in [5.41, 5.74) is -0.814. The average Bonchev–Trinajstić information content (AvgIpc) is 3.17. The third-order valence-corrected chi connectivity index (χ3v) is 7.20. The first-order valence-corrected chi connectivity index (χ1v) is 12.2. The molecule has 2 N–H and O–H groups in total. The zero-order valence-electron chi connectivity index (χ0n) is 20.1. The molecule has 186 valence electrons. The summed E-state index contributed by atoms with van der Waals surface area (Å²) in [6.45, 7) is 9.74. The number of amides is 1. The first-order valence-electron chi connectivity index (χ1n) is 11.0. The Balaban J connectivity index is 2.37. The molecule has 0 spiro atoms. The number of hydrogen-bond donors (Lipinski definition) is 2. The molecule has 34 heavy (non-hydrogen) atoms. The van der Waals surface area contributed by atoms with Crippen LogP contribution in [0.25, 0.3) is 0 Å². The van der Waals surface area contributed by atoms with Crippen molar-refractivity contribution in [1.82, 2.24) is 19.5 Å². The van der Waals surface area contributed by atoms with E-state index in [1.807, 2.05) is 38.4 Å². The standard InChI is InChI=1S/C22H32N5O6P/c1-7-10-24-21(29)19-17(12-18(32-19)26-13-16(6)20(28)25-22(26)30)33-34(31-11-8-9-23)27(14(2)3)15(4)5/h1,13-15,17-19H,8,10-12H2,2-6H3,(H,24,29)(H,25,28,30)/t17-,18-,19?,34?/m1/s1. The maximum atomic E-state index is 12.8. The maximum Gasteiger partial charge on any atom is 0.330 e. The largest absolute Gasteiger partial charge is 0.343 e. The van der Waals surface area contributed by atoms with E-state index in [2.05, 4.69) is 16.2 Å². The number of aromatic nitrogens is 2. The van der Waals surface area contributed by atoms with Crippen LogP contribution in [0.5, 0.6) is 0 Å². The maximum absolute atomic E-state index is 12.8. The van der Waals surface area contributed by atoms with Gasteiger partial charge in [0, 0.05) is 30.3 Å². The number of nitrogens with one attached hydrogen (secondary N) is 2. The van der Waals surface area contributed by atoms with Crippen molar-refractivity contribution in [3.8, 4) is 18.4 Å². The number of rotatable bonds is 11. The molecule has 1 saturated heterocycles. The van der Waals surface area contributed by atoms with E-state index in [0.717, 1.165) is 0 Å². The molecule has 4 atom stereocenters. The van der Waals surface area contributed by atoms with E-state index in [1.54, 1.807) is 6.92 Å². The van der Waals surface area contributed by atoms with Gasteiger partial charge in [-0.3, -0.25) is 19.1 Å². The lowest BCUT2D eigenvalue weighted by Crippen LogP contribution is -2.42. The summed E-state index contributed by atoms with van der Waals surface area (Å²) >= 11 is 0. The quantitative estimate of drug-likeness (QED) is 0.269. The SMILES string of the molecule is C#CCNC(=O)C1O[C@@H](n2cc(C)c(=O)[nH]c2=O)C[C@H]1OP(OCCC#N)N(C(C)C)C(C)C. The normalized spacial score (nSPS) is 20.9. The number of carbonyl (C=O) groups excluding carboxylic acids is 1. The van der Waals surface area contributed by atoms with Crippen molar-refractivity contribution in [2.24, 2.45) is 0 Å². The van der Waals surface area contributed by atoms with Crippen LogP contribution in [0.1, 0.15) is 52.3 Å². The molecule has 0 radical (unpaired) electrons. The van der Waals surface area contributed by atoms with Crippen LogP contribution in [0.3, 0.4) is 0 Å². The Morgan fingerprint density at radius 1 is 1.41 bits per heavy atom. The number of nitriles is 1. The zero-order valence-corrected chi connectivity index (χ0v) is 21.0. The lowest BCUT2D eigenvalue weighted by Gasteiger charge is -2.37. The molecule has 1 aliphatic heterocycles. The number of terminal acetylenes is 1. The highest BCUT2D eigenvalue weighted by molar-refractivity contribution is 7.44. The molecule has 0 aliphatic carbocycles. The minimum atomic E-state index is -1.66. The second kappa shape index (κ2) is 12.8. The molecular weight excluding hydrogens is 461 g/mol. The van der Waals surface area contributed by atoms with E-state index < -0.39 is 44.1 Å². The van der Waals surface area contributed by atoms with E-state index >= 15 is 0 Å². The Bertz CT molecular complexity index is 1030. The lowest BCUT2D eigenvalue weighted by atomic mass is 10.1. The highest BCUT2D eigenvalue weighted by Crippen LogP contribution is 2.49. The highest BCUT2D eigenvalue weighted by atomic mass is 31.2. The lowest BCUT2D eigenvalue weighted by molar-refractivity contribution is -0.137. The van der Waals surface area contributed by atoms with E-state index in [1.165, 1.54) is 10.8 Å². The van der Waals surface area contributed by atoms with Crippen molar-refractivity contribution < 1.29 is 18.6 Å². The molecular formula is C22H32N5O6P. The van der Waals surface area contributed by atoms with Gasteiger partial charge in [-0.1, -0.05) is 5.92 Å². The molecule has 1 aromatic heterocycles. The predicted octanol–water partition coefficient (Wildman–Crippen LogP) is 1.54. The van der Waals surface area contributed by atoms with E-state index in [4.69, 9.17) is 25.5 Å². The van der Waals surface area contributed by atoms with Crippen molar-refractivity contribution in [3.63, 3.8) is 0 Å². The number of hydrogen-bond acceptors (Lipinski definition) is 8. The van der Waals surface area contributed by atoms with Gasteiger partial charge in [0.1, 0.15) is 12.3 Å². The van der Waals surface area contributed by atoms with E-state index in [-0.39, 0.29) is 38.1 Å². The summed E-state index contributed by atoms with van der Waals surface area (Å²) in [4.78, 5) is 39.3. The highest BCUT2D eigenvalue weighted by Gasteiger charge is 2.44. The number of nitrogens with zero attached hydrogens (tertiary/aromatic N) is 3. The summed E-state index contributed by atoms with van der Waals surface area (Å²) in [7, 11) is -1.66. The number of carbonyl (C=O) groups is 1. The molecule has 2 unspecified atom stereocenters. The van der Waals surface area contributed by atoms with Gasteiger partial charge in [-0.25, -0.2) is 9.46 Å². The van der Waals surface area contributed by atoms with Gasteiger partial charge in [0.15, 0.2) is 6.10 Å². The molecule has 1 amide bonds. The van der Waals surface area contributed by atoms with Gasteiger partial charge in [-0.15, -0.1) is 6.42 Å². The fourth-order valence-electron chi connectivity index (χ4n) is 3.59. The van der Waals surface area contributed by atoms with Crippen LogP contribution in [-0.4, -0.2) is 57.6 Å². The van der Waals surface area contributed by atoms with Crippen molar-refractivity contribution in [1.29, 1.82) is 5.26 Å². The van der Waals surface area contributed by atoms with Crippen LogP contribution in [0.15, 0.2) is 15.8 Å². The minimum absolute atomic E-state index is 0.00530. The number of aromatic amines is 1. The molecule has 2 rings (SSSR count). The van der Waals surface area contributed by atoms with Crippen LogP contribution in [-0.2, 0) is 18.6 Å². The number of ether oxygens (including phenoxy) is 1. The van der Waals surface area contributed by atoms with Crippen LogP contribution in [0.4, 0.5) is 0 Å². The van der Waals surface area contributed by atoms with Crippen molar-refractivity contribution in [2.75, 3.05) is 13.2 Å². The third-order valence-electron chi connectivity index (χ3n) is 5.04. The second-order valence-corrected chi connectivity index (χ2v) is 9.74. The van der Waals surface area contributed by atoms with E-state index in [0.29, 0.717) is 5.56 Å². The fourth-order valence-corrected chi connectivity index (χ4v) is 5.32. The second-order valence-electron chi connectivity index (χ2n) is 8.34. The average molecular weight is 494 g/mol. The first-order chi connectivity index (χ1) is 16.1. The Morgan fingerprint density at radius 2 is 2.09 bits per heavy atom. The zero-order chi connectivity index (χ0) is 25.4. The fraction of sp³-hybridized carbons (Fsp3) is 0.636. The van der Waals surface area contributed by atoms with Crippen molar-refractivity contribution in [3.05, 3.63) is 32.6 Å². The van der Waals surface area contributed by atoms with Gasteiger partial charge in [0.05, 0.1) is 25.6 Å². The van der Waals surface area contributed by atoms with Gasteiger partial charge in [0.25, 0.3) is 20.0 Å². The summed E-state index contributed by atoms with van der Waals surface area (Å²) in [5.74, 6) is 1.86. The molecule has 2 heterocycles. The summed E-state index contributed by atoms with van der Waals surface area (Å²) in [6, 6.07) is 2.16. The molecule has 1 aromatic rings. The number of aryl methyl sites for hydroxylation is 1. The summed E-state index contributed by atoms with van der Waals surface area (Å²) in [6.07, 6.45) is 4.32. The predicted molar refractivity (Wildman–Crippen MR) is 127 cm³/mol. The van der Waals surface area contributed by atoms with Gasteiger partial charge in [-0.2, -0.15) is 5.26 Å². The van der Waals surface area contributed by atoms with Crippen LogP contribution in [0, 0.1) is 30.6 Å². The smallest absolute Gasteiger partial charge is 0.330 e. The Labute approximate surface area is 200 Å². The summed E-state index contributed by atoms with van der Waals surface area (Å²) in [5, 5.41) is 11.5. The topological polar surface area (TPSA) is 139 Å². The van der Waals surface area contributed by atoms with Gasteiger partial charge in [-0.05, 0) is 34.6 Å². The summed E-state index contributed by atoms with van der Waals surface area (Å²) < 4.78 is 21.5. The minimum Gasteiger partial charge on any atom is -0.343 e. The molecule has 0 saturated carbocycles. The van der Waals surface area contributed by atoms with Crippen LogP contribution in [0.2, 0.25) is 0 Å². The van der Waals surface area contributed by atoms with Gasteiger partial charge >= 0.3 is 5.69 Å².